The quantitative estimate of drug-likeness (QED) is 0.707. The second kappa shape index (κ2) is 4.16. The normalized spacial score (nSPS) is 31.1. The van der Waals surface area contributed by atoms with E-state index in [1.54, 1.807) is 23.8 Å². The molecule has 0 saturated carbocycles. The highest BCUT2D eigenvalue weighted by Gasteiger charge is 2.45. The van der Waals surface area contributed by atoms with Crippen LogP contribution in [0.25, 0.3) is 11.0 Å². The molecule has 0 bridgehead atoms. The van der Waals surface area contributed by atoms with Gasteiger partial charge in [0.25, 0.3) is 0 Å². The fourth-order valence-corrected chi connectivity index (χ4v) is 2.59. The van der Waals surface area contributed by atoms with Gasteiger partial charge in [0.1, 0.15) is 23.4 Å². The Bertz CT molecular complexity index is 610. The predicted octanol–water partition coefficient (Wildman–Crippen LogP) is 0.0443. The molecular formula is C12H16N4O3. The summed E-state index contributed by atoms with van der Waals surface area (Å²) in [5.74, 6) is 0.389. The molecule has 102 valence electrons. The molecule has 0 amide bonds. The molecule has 7 nitrogen and oxygen atoms in total. The van der Waals surface area contributed by atoms with Crippen molar-refractivity contribution in [3.63, 3.8) is 0 Å². The molecule has 19 heavy (non-hydrogen) atoms. The van der Waals surface area contributed by atoms with E-state index < -0.39 is 11.8 Å². The molecule has 7 heteroatoms. The second-order valence-electron chi connectivity index (χ2n) is 5.07. The van der Waals surface area contributed by atoms with Crippen LogP contribution in [0, 0.1) is 0 Å². The molecule has 3 atom stereocenters. The highest BCUT2D eigenvalue weighted by atomic mass is 16.5. The van der Waals surface area contributed by atoms with Crippen LogP contribution in [0.3, 0.4) is 0 Å². The summed E-state index contributed by atoms with van der Waals surface area (Å²) in [5, 5.41) is 20.3. The number of anilines is 1. The molecule has 0 radical (unpaired) electrons. The summed E-state index contributed by atoms with van der Waals surface area (Å²) in [5.41, 5.74) is 5.32. The first-order valence-electron chi connectivity index (χ1n) is 6.08. The van der Waals surface area contributed by atoms with Crippen molar-refractivity contribution < 1.29 is 14.9 Å². The number of aromatic nitrogens is 3. The number of ether oxygens (including phenoxy) is 1. The number of nitrogen functional groups attached to an aromatic ring is 1. The Balaban J connectivity index is 2.07. The fourth-order valence-electron chi connectivity index (χ4n) is 2.59. The third kappa shape index (κ3) is 1.86. The molecule has 0 spiro atoms. The second-order valence-corrected chi connectivity index (χ2v) is 5.07. The maximum absolute atomic E-state index is 10.4. The van der Waals surface area contributed by atoms with Crippen molar-refractivity contribution in [2.24, 2.45) is 0 Å². The van der Waals surface area contributed by atoms with Gasteiger partial charge in [0.15, 0.2) is 6.23 Å². The molecule has 2 aromatic rings. The van der Waals surface area contributed by atoms with Gasteiger partial charge in [-0.3, -0.25) is 0 Å². The van der Waals surface area contributed by atoms with Gasteiger partial charge in [0.05, 0.1) is 18.1 Å². The van der Waals surface area contributed by atoms with E-state index in [-0.39, 0.29) is 12.7 Å². The predicted molar refractivity (Wildman–Crippen MR) is 68.2 cm³/mol. The summed E-state index contributed by atoms with van der Waals surface area (Å²) in [6, 6.07) is 1.79. The number of nitrogens with two attached hydrogens (primary N) is 1. The maximum Gasteiger partial charge on any atom is 0.164 e. The van der Waals surface area contributed by atoms with E-state index in [4.69, 9.17) is 10.5 Å². The minimum Gasteiger partial charge on any atom is -0.394 e. The summed E-state index contributed by atoms with van der Waals surface area (Å²) in [6.45, 7) is 1.56. The molecule has 0 unspecified atom stereocenters. The van der Waals surface area contributed by atoms with E-state index in [0.717, 1.165) is 0 Å². The third-order valence-corrected chi connectivity index (χ3v) is 3.49. The van der Waals surface area contributed by atoms with Gasteiger partial charge < -0.3 is 25.3 Å². The lowest BCUT2D eigenvalue weighted by molar-refractivity contribution is -0.0852. The number of hydrogen-bond donors (Lipinski definition) is 3. The molecule has 1 aliphatic rings. The van der Waals surface area contributed by atoms with Gasteiger partial charge >= 0.3 is 0 Å². The average molecular weight is 264 g/mol. The molecule has 4 N–H and O–H groups in total. The minimum atomic E-state index is -1.07. The van der Waals surface area contributed by atoms with Crippen LogP contribution in [-0.4, -0.2) is 43.1 Å². The zero-order chi connectivity index (χ0) is 13.6. The van der Waals surface area contributed by atoms with E-state index in [1.807, 2.05) is 0 Å². The van der Waals surface area contributed by atoms with Gasteiger partial charge in [-0.25, -0.2) is 9.97 Å². The molecule has 3 heterocycles. The van der Waals surface area contributed by atoms with Crippen molar-refractivity contribution in [2.75, 3.05) is 12.3 Å². The highest BCUT2D eigenvalue weighted by Crippen LogP contribution is 2.39. The summed E-state index contributed by atoms with van der Waals surface area (Å²) in [4.78, 5) is 8.11. The molecule has 1 saturated heterocycles. The number of hydrogen-bond acceptors (Lipinski definition) is 6. The van der Waals surface area contributed by atoms with Crippen molar-refractivity contribution in [3.8, 4) is 0 Å². The zero-order valence-electron chi connectivity index (χ0n) is 10.5. The van der Waals surface area contributed by atoms with Crippen LogP contribution in [0.1, 0.15) is 19.6 Å². The van der Waals surface area contributed by atoms with Gasteiger partial charge in [0, 0.05) is 12.6 Å². The Hall–Kier alpha value is -1.70. The largest absolute Gasteiger partial charge is 0.394 e. The van der Waals surface area contributed by atoms with Gasteiger partial charge in [-0.05, 0) is 13.0 Å². The Kier molecular flexibility index (Phi) is 2.70. The van der Waals surface area contributed by atoms with E-state index >= 15 is 0 Å². The van der Waals surface area contributed by atoms with E-state index in [9.17, 15) is 10.2 Å². The zero-order valence-corrected chi connectivity index (χ0v) is 10.5. The van der Waals surface area contributed by atoms with Crippen LogP contribution in [0.2, 0.25) is 0 Å². The topological polar surface area (TPSA) is 106 Å². The average Bonchev–Trinajstić information content (AvgIpc) is 2.90. The number of aliphatic hydroxyl groups excluding tert-OH is 1. The molecule has 0 aromatic carbocycles. The van der Waals surface area contributed by atoms with Gasteiger partial charge in [-0.1, -0.05) is 0 Å². The van der Waals surface area contributed by atoms with Crippen LogP contribution in [-0.2, 0) is 4.74 Å². The maximum atomic E-state index is 10.4. The molecule has 1 aliphatic heterocycles. The first-order valence-corrected chi connectivity index (χ1v) is 6.08. The summed E-state index contributed by atoms with van der Waals surface area (Å²) >= 11 is 0. The molecule has 3 rings (SSSR count). The van der Waals surface area contributed by atoms with E-state index in [1.165, 1.54) is 6.33 Å². The molecular weight excluding hydrogens is 248 g/mol. The Morgan fingerprint density at radius 2 is 2.37 bits per heavy atom. The lowest BCUT2D eigenvalue weighted by atomic mass is 10.0. The minimum absolute atomic E-state index is 0.122. The Labute approximate surface area is 109 Å². The number of nitrogens with zero attached hydrogens (tertiary/aromatic N) is 3. The van der Waals surface area contributed by atoms with Gasteiger partial charge in [-0.15, -0.1) is 0 Å². The standard InChI is InChI=1S/C12H16N4O3/c1-12(18)4-7(5-17)19-11(12)16-3-2-8-9(13)14-6-15-10(8)16/h2-3,6-7,11,17-18H,4-5H2,1H3,(H2,13,14,15)/t7-,11+,12+/m0/s1. The number of fused-ring (bicyclic) bond motifs is 1. The van der Waals surface area contributed by atoms with Crippen molar-refractivity contribution in [2.45, 2.75) is 31.3 Å². The smallest absolute Gasteiger partial charge is 0.164 e. The first-order chi connectivity index (χ1) is 9.03. The third-order valence-electron chi connectivity index (χ3n) is 3.49. The molecule has 2 aromatic heterocycles. The lowest BCUT2D eigenvalue weighted by Crippen LogP contribution is -2.31. The van der Waals surface area contributed by atoms with Crippen molar-refractivity contribution >= 4 is 16.9 Å². The van der Waals surface area contributed by atoms with Crippen LogP contribution >= 0.6 is 0 Å². The SMILES string of the molecule is C[C@@]1(O)C[C@@H](CO)O[C@H]1n1ccc2c(N)ncnc21. The molecule has 1 fully saturated rings. The van der Waals surface area contributed by atoms with Gasteiger partial charge in [0.2, 0.25) is 0 Å². The van der Waals surface area contributed by atoms with Crippen LogP contribution in [0.5, 0.6) is 0 Å². The monoisotopic (exact) mass is 264 g/mol. The first kappa shape index (κ1) is 12.3. The lowest BCUT2D eigenvalue weighted by Gasteiger charge is -2.25. The van der Waals surface area contributed by atoms with Gasteiger partial charge in [-0.2, -0.15) is 0 Å². The Morgan fingerprint density at radius 1 is 1.58 bits per heavy atom. The number of rotatable bonds is 2. The van der Waals surface area contributed by atoms with E-state index in [0.29, 0.717) is 23.3 Å². The Morgan fingerprint density at radius 3 is 3.05 bits per heavy atom. The van der Waals surface area contributed by atoms with E-state index in [2.05, 4.69) is 9.97 Å². The highest BCUT2D eigenvalue weighted by molar-refractivity contribution is 5.86. The van der Waals surface area contributed by atoms with Crippen molar-refractivity contribution in [1.82, 2.24) is 14.5 Å². The van der Waals surface area contributed by atoms with Crippen LogP contribution < -0.4 is 5.73 Å². The summed E-state index contributed by atoms with van der Waals surface area (Å²) < 4.78 is 7.41. The van der Waals surface area contributed by atoms with Crippen molar-refractivity contribution in [1.29, 1.82) is 0 Å². The summed E-state index contributed by atoms with van der Waals surface area (Å²) in [7, 11) is 0. The van der Waals surface area contributed by atoms with Crippen LogP contribution in [0.15, 0.2) is 18.6 Å². The number of aliphatic hydroxyl groups is 2. The summed E-state index contributed by atoms with van der Waals surface area (Å²) in [6.07, 6.45) is 2.53. The van der Waals surface area contributed by atoms with Crippen LogP contribution in [0.4, 0.5) is 5.82 Å². The molecule has 0 aliphatic carbocycles. The van der Waals surface area contributed by atoms with Crippen molar-refractivity contribution in [3.05, 3.63) is 18.6 Å². The fraction of sp³-hybridized carbons (Fsp3) is 0.500.